The van der Waals surface area contributed by atoms with Crippen molar-refractivity contribution in [2.75, 3.05) is 39.3 Å². The lowest BCUT2D eigenvalue weighted by atomic mass is 9.59. The van der Waals surface area contributed by atoms with Crippen LogP contribution in [-0.2, 0) is 17.6 Å². The van der Waals surface area contributed by atoms with Gasteiger partial charge >= 0.3 is 0 Å². The Hall–Kier alpha value is -3.17. The van der Waals surface area contributed by atoms with Gasteiger partial charge in [0.2, 0.25) is 0 Å². The molecule has 4 aliphatic rings. The van der Waals surface area contributed by atoms with Crippen molar-refractivity contribution in [3.63, 3.8) is 0 Å². The van der Waals surface area contributed by atoms with Gasteiger partial charge in [-0.1, -0.05) is 24.3 Å². The molecule has 2 aromatic carbocycles. The monoisotopic (exact) mass is 436 g/mol. The fourth-order valence-electron chi connectivity index (χ4n) is 6.01. The summed E-state index contributed by atoms with van der Waals surface area (Å²) < 4.78 is 0. The molecular formula is C23H24N4O5. The fraction of sp³-hybridized carbons (Fsp3) is 0.435. The summed E-state index contributed by atoms with van der Waals surface area (Å²) in [6.07, 6.45) is 1.11. The van der Waals surface area contributed by atoms with Crippen molar-refractivity contribution in [1.29, 1.82) is 0 Å². The van der Waals surface area contributed by atoms with Crippen LogP contribution in [0, 0.1) is 31.1 Å². The van der Waals surface area contributed by atoms with Crippen molar-refractivity contribution in [3.05, 3.63) is 79.9 Å². The van der Waals surface area contributed by atoms with E-state index in [1.165, 1.54) is 24.3 Å². The molecule has 0 spiro atoms. The van der Waals surface area contributed by atoms with Gasteiger partial charge in [0.1, 0.15) is 0 Å². The second-order valence-corrected chi connectivity index (χ2v) is 9.51. The van der Waals surface area contributed by atoms with E-state index >= 15 is 0 Å². The molecule has 32 heavy (non-hydrogen) atoms. The Morgan fingerprint density at radius 3 is 1.34 bits per heavy atom. The third kappa shape index (κ3) is 3.47. The molecule has 4 aliphatic heterocycles. The van der Waals surface area contributed by atoms with E-state index in [4.69, 9.17) is 0 Å². The summed E-state index contributed by atoms with van der Waals surface area (Å²) in [4.78, 5) is 40.0. The minimum absolute atomic E-state index is 0.0463. The Morgan fingerprint density at radius 2 is 1.03 bits per heavy atom. The second kappa shape index (κ2) is 7.46. The van der Waals surface area contributed by atoms with Crippen LogP contribution in [0.25, 0.3) is 0 Å². The van der Waals surface area contributed by atoms with Crippen LogP contribution in [0.1, 0.15) is 11.1 Å². The van der Waals surface area contributed by atoms with Crippen molar-refractivity contribution in [3.8, 4) is 0 Å². The Kier molecular flexibility index (Phi) is 4.83. The Morgan fingerprint density at radius 1 is 0.688 bits per heavy atom. The average molecular weight is 436 g/mol. The highest BCUT2D eigenvalue weighted by atomic mass is 16.6. The maximum Gasteiger partial charge on any atom is 0.269 e. The van der Waals surface area contributed by atoms with E-state index in [1.807, 2.05) is 0 Å². The van der Waals surface area contributed by atoms with E-state index in [9.17, 15) is 25.0 Å². The maximum atomic E-state index is 14.1. The number of non-ortho nitro benzene ring substituents is 2. The molecule has 0 unspecified atom stereocenters. The quantitative estimate of drug-likeness (QED) is 0.505. The Balaban J connectivity index is 1.46. The second-order valence-electron chi connectivity index (χ2n) is 9.51. The molecule has 0 N–H and O–H groups in total. The van der Waals surface area contributed by atoms with Gasteiger partial charge in [-0.2, -0.15) is 0 Å². The van der Waals surface area contributed by atoms with Crippen LogP contribution < -0.4 is 0 Å². The van der Waals surface area contributed by atoms with Crippen molar-refractivity contribution in [2.45, 2.75) is 12.8 Å². The van der Waals surface area contributed by atoms with Crippen LogP contribution in [-0.4, -0.2) is 64.7 Å². The number of Topliss-reactive ketones (excluding diaryl/α,β-unsaturated/α-hetero) is 1. The number of nitro groups is 2. The summed E-state index contributed by atoms with van der Waals surface area (Å²) in [6, 6.07) is 13.0. The van der Waals surface area contributed by atoms with Crippen LogP contribution in [0.3, 0.4) is 0 Å². The lowest BCUT2D eigenvalue weighted by Gasteiger charge is -2.54. The lowest BCUT2D eigenvalue weighted by molar-refractivity contribution is -0.385. The molecular weight excluding hydrogens is 412 g/mol. The van der Waals surface area contributed by atoms with Gasteiger partial charge in [0.15, 0.2) is 5.78 Å². The molecule has 4 saturated heterocycles. The number of nitrogens with zero attached hydrogens (tertiary/aromatic N) is 4. The van der Waals surface area contributed by atoms with E-state index < -0.39 is 20.7 Å². The van der Waals surface area contributed by atoms with Crippen LogP contribution in [0.4, 0.5) is 11.4 Å². The molecule has 4 fully saturated rings. The van der Waals surface area contributed by atoms with Gasteiger partial charge in [-0.05, 0) is 24.0 Å². The van der Waals surface area contributed by atoms with Gasteiger partial charge in [0.05, 0.1) is 20.7 Å². The number of benzene rings is 2. The molecule has 2 aromatic rings. The van der Waals surface area contributed by atoms with Crippen molar-refractivity contribution >= 4 is 17.2 Å². The van der Waals surface area contributed by atoms with E-state index in [0.717, 1.165) is 24.2 Å². The zero-order chi connectivity index (χ0) is 22.5. The Labute approximate surface area is 184 Å². The van der Waals surface area contributed by atoms with Crippen molar-refractivity contribution in [1.82, 2.24) is 9.80 Å². The van der Waals surface area contributed by atoms with Gasteiger partial charge in [-0.15, -0.1) is 0 Å². The predicted molar refractivity (Wildman–Crippen MR) is 116 cm³/mol. The van der Waals surface area contributed by atoms with Crippen LogP contribution in [0.2, 0.25) is 0 Å². The highest BCUT2D eigenvalue weighted by Crippen LogP contribution is 2.47. The number of nitro benzene ring substituents is 2. The van der Waals surface area contributed by atoms with Crippen LogP contribution in [0.5, 0.6) is 0 Å². The van der Waals surface area contributed by atoms with Gasteiger partial charge in [-0.3, -0.25) is 34.8 Å². The van der Waals surface area contributed by atoms with E-state index in [0.29, 0.717) is 39.0 Å². The number of carbonyl (C=O) groups excluding carboxylic acids is 1. The smallest absolute Gasteiger partial charge is 0.269 e. The molecule has 4 heterocycles. The number of hydrogen-bond acceptors (Lipinski definition) is 7. The summed E-state index contributed by atoms with van der Waals surface area (Å²) >= 11 is 0. The number of hydrogen-bond donors (Lipinski definition) is 0. The first-order valence-corrected chi connectivity index (χ1v) is 10.8. The highest BCUT2D eigenvalue weighted by Gasteiger charge is 2.60. The summed E-state index contributed by atoms with van der Waals surface area (Å²) in [6.45, 7) is 4.61. The van der Waals surface area contributed by atoms with E-state index in [-0.39, 0.29) is 17.2 Å². The lowest BCUT2D eigenvalue weighted by Crippen LogP contribution is -2.68. The topological polar surface area (TPSA) is 110 Å². The first-order valence-electron chi connectivity index (χ1n) is 10.8. The van der Waals surface area contributed by atoms with Crippen molar-refractivity contribution in [2.24, 2.45) is 10.8 Å². The summed E-state index contributed by atoms with van der Waals surface area (Å²) in [5, 5.41) is 22.0. The molecule has 0 radical (unpaired) electrons. The summed E-state index contributed by atoms with van der Waals surface area (Å²) in [7, 11) is 0. The number of rotatable bonds is 6. The van der Waals surface area contributed by atoms with Crippen LogP contribution >= 0.6 is 0 Å². The minimum Gasteiger partial charge on any atom is -0.300 e. The molecule has 0 aliphatic carbocycles. The van der Waals surface area contributed by atoms with E-state index in [2.05, 4.69) is 9.80 Å². The molecule has 6 rings (SSSR count). The third-order valence-corrected chi connectivity index (χ3v) is 7.18. The first-order chi connectivity index (χ1) is 15.3. The largest absolute Gasteiger partial charge is 0.300 e. The molecule has 0 aromatic heterocycles. The Bertz CT molecular complexity index is 985. The molecule has 0 amide bonds. The molecule has 9 heteroatoms. The number of carbonyl (C=O) groups is 1. The summed E-state index contributed by atoms with van der Waals surface area (Å²) in [5.41, 5.74) is 0.848. The number of piperidine rings is 2. The average Bonchev–Trinajstić information content (AvgIpc) is 2.99. The van der Waals surface area contributed by atoms with Gasteiger partial charge in [0.25, 0.3) is 11.4 Å². The van der Waals surface area contributed by atoms with Gasteiger partial charge < -0.3 is 0 Å². The molecule has 4 bridgehead atoms. The van der Waals surface area contributed by atoms with Gasteiger partial charge in [0, 0.05) is 63.5 Å². The van der Waals surface area contributed by atoms with Crippen LogP contribution in [0.15, 0.2) is 48.5 Å². The normalized spacial score (nSPS) is 30.8. The first kappa shape index (κ1) is 20.7. The molecule has 0 atom stereocenters. The highest BCUT2D eigenvalue weighted by molar-refractivity contribution is 5.93. The maximum absolute atomic E-state index is 14.1. The molecule has 9 nitrogen and oxygen atoms in total. The number of fused-ring (bicyclic) bond motifs is 1. The van der Waals surface area contributed by atoms with Gasteiger partial charge in [-0.25, -0.2) is 0 Å². The summed E-state index contributed by atoms with van der Waals surface area (Å²) in [5.74, 6) is 0.260. The number of ketones is 1. The molecule has 0 saturated carbocycles. The minimum atomic E-state index is -0.552. The standard InChI is InChI=1S/C23H24N4O5/c28-21-22(11-17-1-5-19(6-2-17)26(29)30)13-24-9-10-25(14-22)16-23(21,15-24)12-18-3-7-20(8-4-18)27(31)32/h1-8H,9-16H2. The zero-order valence-corrected chi connectivity index (χ0v) is 17.6. The van der Waals surface area contributed by atoms with E-state index in [1.54, 1.807) is 24.3 Å². The predicted octanol–water partition coefficient (Wildman–Crippen LogP) is 2.47. The SMILES string of the molecule is O=C1C2(Cc3ccc([N+](=O)[O-])cc3)CN3CCN(C2)CC1(Cc1ccc([N+](=O)[O-])cc1)C3. The molecule has 166 valence electrons. The third-order valence-electron chi connectivity index (χ3n) is 7.18. The fourth-order valence-corrected chi connectivity index (χ4v) is 6.01. The van der Waals surface area contributed by atoms with Crippen molar-refractivity contribution < 1.29 is 14.6 Å². The zero-order valence-electron chi connectivity index (χ0n) is 17.6.